The van der Waals surface area contributed by atoms with Gasteiger partial charge in [0.05, 0.1) is 12.2 Å². The topological polar surface area (TPSA) is 35.5 Å². The summed E-state index contributed by atoms with van der Waals surface area (Å²) >= 11 is 0. The van der Waals surface area contributed by atoms with Crippen molar-refractivity contribution in [2.75, 3.05) is 6.61 Å². The summed E-state index contributed by atoms with van der Waals surface area (Å²) in [6.07, 6.45) is 0.0529. The van der Waals surface area contributed by atoms with Gasteiger partial charge in [-0.05, 0) is 20.3 Å². The molecule has 0 N–H and O–H groups in total. The third kappa shape index (κ3) is 2.49. The number of hydrogen-bond acceptors (Lipinski definition) is 3. The Hall–Kier alpha value is -1.19. The Kier molecular flexibility index (Phi) is 3.08. The first-order valence-electron chi connectivity index (χ1n) is 5.47. The number of carbonyl (C=O) groups excluding carboxylic acids is 1. The number of ketones is 1. The van der Waals surface area contributed by atoms with E-state index in [1.807, 2.05) is 32.0 Å². The second-order valence-electron chi connectivity index (χ2n) is 4.56. The molecule has 86 valence electrons. The van der Waals surface area contributed by atoms with Crippen molar-refractivity contribution >= 4 is 5.78 Å². The molecule has 1 saturated heterocycles. The largest absolute Gasteiger partial charge is 0.346 e. The first-order valence-corrected chi connectivity index (χ1v) is 5.47. The standard InChI is InChI=1S/C13H16O3/c1-13(2)8-9-15-12(16-13)11(14)10-6-4-3-5-7-10/h3-7,12H,8-9H2,1-2H3/t12-/m1/s1. The van der Waals surface area contributed by atoms with Gasteiger partial charge in [-0.1, -0.05) is 30.3 Å². The Morgan fingerprint density at radius 1 is 1.31 bits per heavy atom. The van der Waals surface area contributed by atoms with Crippen LogP contribution >= 0.6 is 0 Å². The molecule has 0 saturated carbocycles. The summed E-state index contributed by atoms with van der Waals surface area (Å²) in [7, 11) is 0. The van der Waals surface area contributed by atoms with Crippen LogP contribution < -0.4 is 0 Å². The minimum Gasteiger partial charge on any atom is -0.346 e. The average Bonchev–Trinajstić information content (AvgIpc) is 2.28. The van der Waals surface area contributed by atoms with Crippen molar-refractivity contribution in [1.82, 2.24) is 0 Å². The molecular formula is C13H16O3. The molecule has 1 aliphatic heterocycles. The molecule has 16 heavy (non-hydrogen) atoms. The fourth-order valence-electron chi connectivity index (χ4n) is 1.66. The van der Waals surface area contributed by atoms with Gasteiger partial charge in [-0.2, -0.15) is 0 Å². The molecule has 0 radical (unpaired) electrons. The summed E-state index contributed by atoms with van der Waals surface area (Å²) in [6, 6.07) is 9.10. The number of carbonyl (C=O) groups is 1. The minimum absolute atomic E-state index is 0.103. The van der Waals surface area contributed by atoms with Crippen LogP contribution in [-0.2, 0) is 9.47 Å². The normalized spacial score (nSPS) is 24.0. The van der Waals surface area contributed by atoms with Crippen LogP contribution in [0.15, 0.2) is 30.3 Å². The highest BCUT2D eigenvalue weighted by molar-refractivity contribution is 5.98. The molecule has 3 nitrogen and oxygen atoms in total. The lowest BCUT2D eigenvalue weighted by molar-refractivity contribution is -0.219. The summed E-state index contributed by atoms with van der Waals surface area (Å²) in [5.41, 5.74) is 0.345. The van der Waals surface area contributed by atoms with E-state index >= 15 is 0 Å². The van der Waals surface area contributed by atoms with Crippen molar-refractivity contribution in [2.24, 2.45) is 0 Å². The van der Waals surface area contributed by atoms with Gasteiger partial charge >= 0.3 is 0 Å². The van der Waals surface area contributed by atoms with Crippen LogP contribution in [0.25, 0.3) is 0 Å². The molecule has 1 aliphatic rings. The fourth-order valence-corrected chi connectivity index (χ4v) is 1.66. The summed E-state index contributed by atoms with van der Waals surface area (Å²) in [5, 5.41) is 0. The first-order chi connectivity index (χ1) is 7.58. The molecule has 1 heterocycles. The molecule has 0 aromatic heterocycles. The smallest absolute Gasteiger partial charge is 0.223 e. The first kappa shape index (κ1) is 11.3. The number of rotatable bonds is 2. The van der Waals surface area contributed by atoms with Gasteiger partial charge < -0.3 is 9.47 Å². The van der Waals surface area contributed by atoms with E-state index in [4.69, 9.17) is 9.47 Å². The maximum absolute atomic E-state index is 12.0. The van der Waals surface area contributed by atoms with Crippen LogP contribution in [0.5, 0.6) is 0 Å². The molecule has 0 unspecified atom stereocenters. The molecule has 0 bridgehead atoms. The number of Topliss-reactive ketones (excluding diaryl/α,β-unsaturated/α-hetero) is 1. The van der Waals surface area contributed by atoms with E-state index in [-0.39, 0.29) is 11.4 Å². The molecule has 0 amide bonds. The van der Waals surface area contributed by atoms with Crippen molar-refractivity contribution in [2.45, 2.75) is 32.2 Å². The number of hydrogen-bond donors (Lipinski definition) is 0. The predicted molar refractivity (Wildman–Crippen MR) is 60.3 cm³/mol. The van der Waals surface area contributed by atoms with Crippen LogP contribution in [0.1, 0.15) is 30.6 Å². The van der Waals surface area contributed by atoms with Gasteiger partial charge in [-0.3, -0.25) is 4.79 Å². The number of ether oxygens (including phenoxy) is 2. The highest BCUT2D eigenvalue weighted by Gasteiger charge is 2.33. The predicted octanol–water partition coefficient (Wildman–Crippen LogP) is 2.41. The van der Waals surface area contributed by atoms with Crippen LogP contribution in [0.4, 0.5) is 0 Å². The Morgan fingerprint density at radius 3 is 2.62 bits per heavy atom. The highest BCUT2D eigenvalue weighted by Crippen LogP contribution is 2.24. The third-order valence-electron chi connectivity index (χ3n) is 2.67. The van der Waals surface area contributed by atoms with Crippen molar-refractivity contribution in [3.8, 4) is 0 Å². The highest BCUT2D eigenvalue weighted by atomic mass is 16.7. The van der Waals surface area contributed by atoms with E-state index in [1.165, 1.54) is 0 Å². The Bertz CT molecular complexity index is 370. The van der Waals surface area contributed by atoms with E-state index in [9.17, 15) is 4.79 Å². The zero-order valence-electron chi connectivity index (χ0n) is 9.60. The molecular weight excluding hydrogens is 204 g/mol. The molecule has 0 aliphatic carbocycles. The van der Waals surface area contributed by atoms with Gasteiger partial charge in [0.2, 0.25) is 12.1 Å². The van der Waals surface area contributed by atoms with Gasteiger partial charge in [-0.25, -0.2) is 0 Å². The molecule has 0 spiro atoms. The summed E-state index contributed by atoms with van der Waals surface area (Å²) in [5.74, 6) is -0.103. The van der Waals surface area contributed by atoms with Crippen molar-refractivity contribution in [3.63, 3.8) is 0 Å². The number of benzene rings is 1. The van der Waals surface area contributed by atoms with Crippen molar-refractivity contribution in [1.29, 1.82) is 0 Å². The fraction of sp³-hybridized carbons (Fsp3) is 0.462. The monoisotopic (exact) mass is 220 g/mol. The van der Waals surface area contributed by atoms with E-state index < -0.39 is 6.29 Å². The van der Waals surface area contributed by atoms with Gasteiger partial charge in [-0.15, -0.1) is 0 Å². The molecule has 1 fully saturated rings. The van der Waals surface area contributed by atoms with Gasteiger partial charge in [0.1, 0.15) is 0 Å². The van der Waals surface area contributed by atoms with E-state index in [0.29, 0.717) is 12.2 Å². The van der Waals surface area contributed by atoms with E-state index in [1.54, 1.807) is 12.1 Å². The van der Waals surface area contributed by atoms with Crippen LogP contribution in [-0.4, -0.2) is 24.3 Å². The second kappa shape index (κ2) is 4.36. The Labute approximate surface area is 95.4 Å². The van der Waals surface area contributed by atoms with E-state index in [0.717, 1.165) is 6.42 Å². The molecule has 2 rings (SSSR count). The summed E-state index contributed by atoms with van der Waals surface area (Å²) in [4.78, 5) is 12.0. The lowest BCUT2D eigenvalue weighted by Gasteiger charge is -2.35. The Morgan fingerprint density at radius 2 is 2.00 bits per heavy atom. The minimum atomic E-state index is -0.758. The van der Waals surface area contributed by atoms with Crippen LogP contribution in [0, 0.1) is 0 Å². The van der Waals surface area contributed by atoms with E-state index in [2.05, 4.69) is 0 Å². The zero-order valence-corrected chi connectivity index (χ0v) is 9.60. The second-order valence-corrected chi connectivity index (χ2v) is 4.56. The maximum atomic E-state index is 12.0. The SMILES string of the molecule is CC1(C)CCO[C@@H](C(=O)c2ccccc2)O1. The van der Waals surface area contributed by atoms with Crippen LogP contribution in [0.2, 0.25) is 0 Å². The molecule has 1 aromatic rings. The summed E-state index contributed by atoms with van der Waals surface area (Å²) < 4.78 is 11.0. The van der Waals surface area contributed by atoms with Gasteiger partial charge in [0, 0.05) is 5.56 Å². The van der Waals surface area contributed by atoms with Crippen LogP contribution in [0.3, 0.4) is 0 Å². The van der Waals surface area contributed by atoms with Crippen molar-refractivity contribution in [3.05, 3.63) is 35.9 Å². The molecule has 1 aromatic carbocycles. The van der Waals surface area contributed by atoms with Gasteiger partial charge in [0.25, 0.3) is 0 Å². The quantitative estimate of drug-likeness (QED) is 0.718. The molecule has 3 heteroatoms. The summed E-state index contributed by atoms with van der Waals surface area (Å²) in [6.45, 7) is 4.51. The average molecular weight is 220 g/mol. The molecule has 1 atom stereocenters. The zero-order chi connectivity index (χ0) is 11.6. The lowest BCUT2D eigenvalue weighted by atomic mass is 10.0. The van der Waals surface area contributed by atoms with Crippen molar-refractivity contribution < 1.29 is 14.3 Å². The van der Waals surface area contributed by atoms with Gasteiger partial charge in [0.15, 0.2) is 0 Å². The maximum Gasteiger partial charge on any atom is 0.223 e. The Balaban J connectivity index is 2.11. The lowest BCUT2D eigenvalue weighted by Crippen LogP contribution is -2.43. The third-order valence-corrected chi connectivity index (χ3v) is 2.67.